The van der Waals surface area contributed by atoms with Crippen molar-refractivity contribution in [1.82, 2.24) is 0 Å². The molecular formula is C14H17ClS. The number of hydrogen-bond acceptors (Lipinski definition) is 1. The Morgan fingerprint density at radius 1 is 1.31 bits per heavy atom. The minimum Gasteiger partial charge on any atom is -0.144 e. The zero-order chi connectivity index (χ0) is 11.4. The Hall–Kier alpha value is -0.530. The van der Waals surface area contributed by atoms with E-state index in [-0.39, 0.29) is 0 Å². The van der Waals surface area contributed by atoms with Gasteiger partial charge in [0.2, 0.25) is 0 Å². The number of fused-ring (bicyclic) bond motifs is 1. The topological polar surface area (TPSA) is 0 Å². The highest BCUT2D eigenvalue weighted by molar-refractivity contribution is 7.17. The van der Waals surface area contributed by atoms with Gasteiger partial charge in [-0.15, -0.1) is 22.9 Å². The number of alkyl halides is 1. The molecule has 2 heteroatoms. The first-order valence-electron chi connectivity index (χ1n) is 5.90. The fraction of sp³-hybridized carbons (Fsp3) is 0.429. The van der Waals surface area contributed by atoms with Crippen molar-refractivity contribution >= 4 is 33.0 Å². The summed E-state index contributed by atoms with van der Waals surface area (Å²) in [6, 6.07) is 8.64. The van der Waals surface area contributed by atoms with Crippen molar-refractivity contribution in [3.8, 4) is 0 Å². The fourth-order valence-corrected chi connectivity index (χ4v) is 3.10. The third-order valence-corrected chi connectivity index (χ3v) is 4.51. The van der Waals surface area contributed by atoms with Crippen molar-refractivity contribution in [3.05, 3.63) is 35.2 Å². The first-order chi connectivity index (χ1) is 7.81. The van der Waals surface area contributed by atoms with E-state index in [0.29, 0.717) is 5.38 Å². The normalized spacial score (nSPS) is 13.1. The Kier molecular flexibility index (Phi) is 4.25. The largest absolute Gasteiger partial charge is 0.144 e. The summed E-state index contributed by atoms with van der Waals surface area (Å²) in [5.74, 6) is 0. The lowest BCUT2D eigenvalue weighted by Gasteiger charge is -2.05. The molecule has 0 saturated carbocycles. The number of benzene rings is 1. The van der Waals surface area contributed by atoms with E-state index in [9.17, 15) is 0 Å². The van der Waals surface area contributed by atoms with Gasteiger partial charge in [0.15, 0.2) is 0 Å². The molecule has 86 valence electrons. The lowest BCUT2D eigenvalue weighted by molar-refractivity contribution is 0.677. The summed E-state index contributed by atoms with van der Waals surface area (Å²) < 4.78 is 1.40. The van der Waals surface area contributed by atoms with Crippen LogP contribution in [0.15, 0.2) is 29.6 Å². The summed E-state index contributed by atoms with van der Waals surface area (Å²) in [4.78, 5) is 0. The van der Waals surface area contributed by atoms with Gasteiger partial charge in [-0.1, -0.05) is 25.1 Å². The lowest BCUT2D eigenvalue weighted by atomic mass is 10.1. The molecule has 1 atom stereocenters. The SMILES string of the molecule is CCC(Cl)CCCc1csc2ccccc12. The molecule has 0 spiro atoms. The molecule has 0 amide bonds. The highest BCUT2D eigenvalue weighted by atomic mass is 35.5. The van der Waals surface area contributed by atoms with Crippen molar-refractivity contribution in [3.63, 3.8) is 0 Å². The van der Waals surface area contributed by atoms with Gasteiger partial charge in [-0.2, -0.15) is 0 Å². The molecule has 0 aliphatic heterocycles. The van der Waals surface area contributed by atoms with E-state index in [1.54, 1.807) is 0 Å². The van der Waals surface area contributed by atoms with Crippen LogP contribution < -0.4 is 0 Å². The van der Waals surface area contributed by atoms with Crippen molar-refractivity contribution in [2.45, 2.75) is 38.0 Å². The van der Waals surface area contributed by atoms with Gasteiger partial charge in [-0.25, -0.2) is 0 Å². The average molecular weight is 253 g/mol. The van der Waals surface area contributed by atoms with E-state index >= 15 is 0 Å². The molecule has 1 aromatic heterocycles. The number of hydrogen-bond donors (Lipinski definition) is 0. The van der Waals surface area contributed by atoms with Crippen molar-refractivity contribution in [1.29, 1.82) is 0 Å². The molecule has 16 heavy (non-hydrogen) atoms. The van der Waals surface area contributed by atoms with Gasteiger partial charge < -0.3 is 0 Å². The third kappa shape index (κ3) is 2.78. The van der Waals surface area contributed by atoms with Gasteiger partial charge >= 0.3 is 0 Å². The van der Waals surface area contributed by atoms with Gasteiger partial charge in [0.05, 0.1) is 0 Å². The monoisotopic (exact) mass is 252 g/mol. The number of thiophene rings is 1. The van der Waals surface area contributed by atoms with Crippen LogP contribution in [0.1, 0.15) is 31.7 Å². The molecule has 1 aromatic carbocycles. The molecule has 2 rings (SSSR count). The second-order valence-electron chi connectivity index (χ2n) is 4.15. The lowest BCUT2D eigenvalue weighted by Crippen LogP contribution is -1.96. The summed E-state index contributed by atoms with van der Waals surface area (Å²) in [5, 5.41) is 4.07. The van der Waals surface area contributed by atoms with Crippen LogP contribution in [-0.2, 0) is 6.42 Å². The smallest absolute Gasteiger partial charge is 0.0345 e. The molecule has 2 aromatic rings. The minimum absolute atomic E-state index is 0.352. The molecule has 0 bridgehead atoms. The van der Waals surface area contributed by atoms with E-state index in [4.69, 9.17) is 11.6 Å². The molecule has 0 nitrogen and oxygen atoms in total. The van der Waals surface area contributed by atoms with Crippen LogP contribution in [0.4, 0.5) is 0 Å². The summed E-state index contributed by atoms with van der Waals surface area (Å²) in [5.41, 5.74) is 1.49. The van der Waals surface area contributed by atoms with Crippen LogP contribution >= 0.6 is 22.9 Å². The second kappa shape index (κ2) is 5.70. The van der Waals surface area contributed by atoms with E-state index in [0.717, 1.165) is 19.3 Å². The number of rotatable bonds is 5. The quantitative estimate of drug-likeness (QED) is 0.639. The first-order valence-corrected chi connectivity index (χ1v) is 7.22. The van der Waals surface area contributed by atoms with Crippen LogP contribution in [-0.4, -0.2) is 5.38 Å². The Balaban J connectivity index is 1.99. The van der Waals surface area contributed by atoms with Crippen LogP contribution in [0.25, 0.3) is 10.1 Å². The van der Waals surface area contributed by atoms with Crippen LogP contribution in [0, 0.1) is 0 Å². The highest BCUT2D eigenvalue weighted by Gasteiger charge is 2.05. The fourth-order valence-electron chi connectivity index (χ4n) is 1.94. The van der Waals surface area contributed by atoms with Gasteiger partial charge in [-0.05, 0) is 48.1 Å². The Bertz CT molecular complexity index is 447. The van der Waals surface area contributed by atoms with Gasteiger partial charge in [0.25, 0.3) is 0 Å². The van der Waals surface area contributed by atoms with E-state index in [1.807, 2.05) is 11.3 Å². The van der Waals surface area contributed by atoms with Gasteiger partial charge in [0.1, 0.15) is 0 Å². The van der Waals surface area contributed by atoms with Crippen molar-refractivity contribution in [2.24, 2.45) is 0 Å². The number of aryl methyl sites for hydroxylation is 1. The van der Waals surface area contributed by atoms with Crippen LogP contribution in [0.2, 0.25) is 0 Å². The predicted octanol–water partition coefficient (Wildman–Crippen LogP) is 5.24. The van der Waals surface area contributed by atoms with E-state index in [2.05, 4.69) is 36.6 Å². The molecule has 0 aliphatic carbocycles. The Labute approximate surface area is 106 Å². The molecule has 1 unspecified atom stereocenters. The molecule has 0 radical (unpaired) electrons. The Morgan fingerprint density at radius 3 is 2.94 bits per heavy atom. The molecular weight excluding hydrogens is 236 g/mol. The molecule has 1 heterocycles. The number of halogens is 1. The second-order valence-corrected chi connectivity index (χ2v) is 5.68. The standard InChI is InChI=1S/C14H17ClS/c1-2-12(15)7-5-6-11-10-16-14-9-4-3-8-13(11)14/h3-4,8-10,12H,2,5-7H2,1H3. The van der Waals surface area contributed by atoms with E-state index < -0.39 is 0 Å². The summed E-state index contributed by atoms with van der Waals surface area (Å²) >= 11 is 7.97. The predicted molar refractivity (Wildman–Crippen MR) is 74.7 cm³/mol. The Morgan fingerprint density at radius 2 is 2.12 bits per heavy atom. The zero-order valence-electron chi connectivity index (χ0n) is 9.58. The van der Waals surface area contributed by atoms with Crippen molar-refractivity contribution < 1.29 is 0 Å². The average Bonchev–Trinajstić information content (AvgIpc) is 2.73. The van der Waals surface area contributed by atoms with Crippen molar-refractivity contribution in [2.75, 3.05) is 0 Å². The van der Waals surface area contributed by atoms with Gasteiger partial charge in [-0.3, -0.25) is 0 Å². The molecule has 0 fully saturated rings. The maximum atomic E-state index is 6.13. The molecule has 0 N–H and O–H groups in total. The molecule has 0 saturated heterocycles. The summed E-state index contributed by atoms with van der Waals surface area (Å²) in [7, 11) is 0. The van der Waals surface area contributed by atoms with Gasteiger partial charge in [0, 0.05) is 10.1 Å². The zero-order valence-corrected chi connectivity index (χ0v) is 11.2. The maximum absolute atomic E-state index is 6.13. The first kappa shape index (κ1) is 11.9. The van der Waals surface area contributed by atoms with Crippen LogP contribution in [0.5, 0.6) is 0 Å². The molecule has 0 aliphatic rings. The minimum atomic E-state index is 0.352. The highest BCUT2D eigenvalue weighted by Crippen LogP contribution is 2.27. The van der Waals surface area contributed by atoms with E-state index in [1.165, 1.54) is 22.1 Å². The maximum Gasteiger partial charge on any atom is 0.0345 e. The summed E-state index contributed by atoms with van der Waals surface area (Å²) in [6.07, 6.45) is 4.56. The third-order valence-electron chi connectivity index (χ3n) is 2.97. The summed E-state index contributed by atoms with van der Waals surface area (Å²) in [6.45, 7) is 2.15. The van der Waals surface area contributed by atoms with Crippen LogP contribution in [0.3, 0.4) is 0 Å².